The highest BCUT2D eigenvalue weighted by molar-refractivity contribution is 5.04. The quantitative estimate of drug-likeness (QED) is 0.924. The van der Waals surface area contributed by atoms with Crippen LogP contribution in [0.4, 0.5) is 0 Å². The molecule has 1 aromatic rings. The van der Waals surface area contributed by atoms with Crippen molar-refractivity contribution in [1.82, 2.24) is 25.1 Å². The van der Waals surface area contributed by atoms with Gasteiger partial charge in [-0.3, -0.25) is 4.90 Å². The van der Waals surface area contributed by atoms with Crippen molar-refractivity contribution in [3.8, 4) is 0 Å². The predicted octanol–water partition coefficient (Wildman–Crippen LogP) is 2.62. The molecule has 2 heterocycles. The Morgan fingerprint density at radius 1 is 0.870 bits per heavy atom. The zero-order valence-electron chi connectivity index (χ0n) is 14.0. The van der Waals surface area contributed by atoms with Crippen LogP contribution in [0.3, 0.4) is 0 Å². The summed E-state index contributed by atoms with van der Waals surface area (Å²) in [6.45, 7) is 0.262. The smallest absolute Gasteiger partial charge is 0.168 e. The van der Waals surface area contributed by atoms with Crippen molar-refractivity contribution >= 4 is 0 Å². The van der Waals surface area contributed by atoms with Crippen molar-refractivity contribution in [3.63, 3.8) is 0 Å². The lowest BCUT2D eigenvalue weighted by molar-refractivity contribution is 0.0806. The van der Waals surface area contributed by atoms with Crippen LogP contribution >= 0.6 is 0 Å². The highest BCUT2D eigenvalue weighted by Crippen LogP contribution is 2.42. The summed E-state index contributed by atoms with van der Waals surface area (Å²) in [5, 5.41) is 22.7. The Balaban J connectivity index is 1.59. The number of aliphatic hydroxyl groups excluding tert-OH is 1. The van der Waals surface area contributed by atoms with Crippen LogP contribution in [0, 0.1) is 0 Å². The molecule has 0 bridgehead atoms. The van der Waals surface area contributed by atoms with Gasteiger partial charge in [0, 0.05) is 12.1 Å². The van der Waals surface area contributed by atoms with Gasteiger partial charge in [0.1, 0.15) is 0 Å². The summed E-state index contributed by atoms with van der Waals surface area (Å²) < 4.78 is 2.13. The molecule has 128 valence electrons. The maximum Gasteiger partial charge on any atom is 0.168 e. The number of tetrazole rings is 1. The third-order valence-electron chi connectivity index (χ3n) is 6.25. The van der Waals surface area contributed by atoms with E-state index in [0.717, 1.165) is 18.7 Å². The Morgan fingerprint density at radius 2 is 1.57 bits per heavy atom. The number of nitrogens with zero attached hydrogens (tertiary/aromatic N) is 5. The van der Waals surface area contributed by atoms with Crippen LogP contribution in [0.2, 0.25) is 0 Å². The monoisotopic (exact) mass is 319 g/mol. The second-order valence-corrected chi connectivity index (χ2v) is 7.59. The van der Waals surface area contributed by atoms with Gasteiger partial charge < -0.3 is 5.11 Å². The Bertz CT molecular complexity index is 507. The van der Waals surface area contributed by atoms with E-state index in [1.54, 1.807) is 0 Å². The normalized spacial score (nSPS) is 31.2. The van der Waals surface area contributed by atoms with Crippen molar-refractivity contribution in [3.05, 3.63) is 5.82 Å². The van der Waals surface area contributed by atoms with Crippen LogP contribution in [0.15, 0.2) is 0 Å². The summed E-state index contributed by atoms with van der Waals surface area (Å²) in [5.41, 5.74) is 0. The van der Waals surface area contributed by atoms with Crippen LogP contribution in [0.1, 0.15) is 88.5 Å². The molecule has 0 spiro atoms. The molecule has 1 saturated heterocycles. The molecule has 0 aromatic carbocycles. The third-order valence-corrected chi connectivity index (χ3v) is 6.25. The third kappa shape index (κ3) is 2.91. The first-order valence-electron chi connectivity index (χ1n) is 9.54. The molecule has 1 aliphatic heterocycles. The fourth-order valence-corrected chi connectivity index (χ4v) is 5.11. The lowest BCUT2D eigenvalue weighted by Gasteiger charge is -2.35. The van der Waals surface area contributed by atoms with E-state index >= 15 is 0 Å². The number of hydrogen-bond donors (Lipinski definition) is 1. The van der Waals surface area contributed by atoms with Crippen molar-refractivity contribution in [2.75, 3.05) is 6.61 Å². The van der Waals surface area contributed by atoms with Gasteiger partial charge in [0.15, 0.2) is 5.82 Å². The van der Waals surface area contributed by atoms with Gasteiger partial charge in [-0.1, -0.05) is 32.1 Å². The van der Waals surface area contributed by atoms with Gasteiger partial charge in [0.25, 0.3) is 0 Å². The highest BCUT2D eigenvalue weighted by atomic mass is 16.3. The molecule has 2 saturated carbocycles. The molecule has 6 nitrogen and oxygen atoms in total. The zero-order valence-corrected chi connectivity index (χ0v) is 14.0. The van der Waals surface area contributed by atoms with E-state index in [-0.39, 0.29) is 6.61 Å². The van der Waals surface area contributed by atoms with Crippen molar-refractivity contribution in [1.29, 1.82) is 0 Å². The SMILES string of the molecule is OC[C@@H]1CC[C@@H](c2nnnn2C2CCCCC2)N1C1CCCC1. The minimum atomic E-state index is 0.262. The Kier molecular flexibility index (Phi) is 4.62. The summed E-state index contributed by atoms with van der Waals surface area (Å²) in [6, 6.07) is 1.68. The maximum atomic E-state index is 9.83. The van der Waals surface area contributed by atoms with E-state index < -0.39 is 0 Å². The van der Waals surface area contributed by atoms with E-state index in [1.165, 1.54) is 57.8 Å². The minimum absolute atomic E-state index is 0.262. The van der Waals surface area contributed by atoms with E-state index in [9.17, 15) is 5.11 Å². The molecule has 0 radical (unpaired) electrons. The predicted molar refractivity (Wildman–Crippen MR) is 86.9 cm³/mol. The summed E-state index contributed by atoms with van der Waals surface area (Å²) in [7, 11) is 0. The van der Waals surface area contributed by atoms with Gasteiger partial charge in [-0.05, 0) is 49.0 Å². The summed E-state index contributed by atoms with van der Waals surface area (Å²) in [4.78, 5) is 2.57. The fourth-order valence-electron chi connectivity index (χ4n) is 5.11. The molecule has 2 atom stereocenters. The lowest BCUT2D eigenvalue weighted by atomic mass is 9.95. The molecule has 3 aliphatic rings. The number of rotatable bonds is 4. The molecule has 3 fully saturated rings. The molecule has 1 aromatic heterocycles. The maximum absolute atomic E-state index is 9.83. The van der Waals surface area contributed by atoms with Gasteiger partial charge in [-0.2, -0.15) is 0 Å². The van der Waals surface area contributed by atoms with Crippen LogP contribution in [0.25, 0.3) is 0 Å². The van der Waals surface area contributed by atoms with Crippen LogP contribution in [-0.2, 0) is 0 Å². The lowest BCUT2D eigenvalue weighted by Crippen LogP contribution is -2.42. The van der Waals surface area contributed by atoms with E-state index in [4.69, 9.17) is 0 Å². The fraction of sp³-hybridized carbons (Fsp3) is 0.941. The highest BCUT2D eigenvalue weighted by Gasteiger charge is 2.42. The zero-order chi connectivity index (χ0) is 15.6. The van der Waals surface area contributed by atoms with E-state index in [2.05, 4.69) is 25.1 Å². The average Bonchev–Trinajstić information content (AvgIpc) is 3.33. The van der Waals surface area contributed by atoms with Gasteiger partial charge in [-0.25, -0.2) is 4.68 Å². The number of hydrogen-bond acceptors (Lipinski definition) is 5. The molecule has 6 heteroatoms. The van der Waals surface area contributed by atoms with Crippen molar-refractivity contribution in [2.24, 2.45) is 0 Å². The molecular weight excluding hydrogens is 290 g/mol. The Hall–Kier alpha value is -1.01. The molecular formula is C17H29N5O. The first-order chi connectivity index (χ1) is 11.4. The molecule has 23 heavy (non-hydrogen) atoms. The summed E-state index contributed by atoms with van der Waals surface area (Å²) in [5.74, 6) is 1.06. The first kappa shape index (κ1) is 15.5. The van der Waals surface area contributed by atoms with Crippen LogP contribution in [-0.4, -0.2) is 48.9 Å². The molecule has 2 aliphatic carbocycles. The topological polar surface area (TPSA) is 67.1 Å². The van der Waals surface area contributed by atoms with Gasteiger partial charge >= 0.3 is 0 Å². The minimum Gasteiger partial charge on any atom is -0.395 e. The second kappa shape index (κ2) is 6.85. The summed E-state index contributed by atoms with van der Waals surface area (Å²) >= 11 is 0. The van der Waals surface area contributed by atoms with Crippen molar-refractivity contribution < 1.29 is 5.11 Å². The average molecular weight is 319 g/mol. The first-order valence-corrected chi connectivity index (χ1v) is 9.54. The van der Waals surface area contributed by atoms with Gasteiger partial charge in [-0.15, -0.1) is 5.10 Å². The standard InChI is InChI=1S/C17H29N5O/c23-12-15-10-11-16(21(15)13-6-4-5-7-13)17-18-19-20-22(17)14-8-2-1-3-9-14/h13-16,23H,1-12H2/t15-,16-/m0/s1. The van der Waals surface area contributed by atoms with Crippen LogP contribution in [0.5, 0.6) is 0 Å². The van der Waals surface area contributed by atoms with E-state index in [0.29, 0.717) is 24.2 Å². The van der Waals surface area contributed by atoms with Crippen LogP contribution < -0.4 is 0 Å². The number of aliphatic hydroxyl groups is 1. The number of likely N-dealkylation sites (tertiary alicyclic amines) is 1. The second-order valence-electron chi connectivity index (χ2n) is 7.59. The molecule has 0 unspecified atom stereocenters. The van der Waals surface area contributed by atoms with E-state index in [1.807, 2.05) is 0 Å². The number of aromatic nitrogens is 4. The Morgan fingerprint density at radius 3 is 2.30 bits per heavy atom. The molecule has 0 amide bonds. The molecule has 1 N–H and O–H groups in total. The van der Waals surface area contributed by atoms with Gasteiger partial charge in [0.2, 0.25) is 0 Å². The largest absolute Gasteiger partial charge is 0.395 e. The van der Waals surface area contributed by atoms with Gasteiger partial charge in [0.05, 0.1) is 18.7 Å². The summed E-state index contributed by atoms with van der Waals surface area (Å²) in [6.07, 6.45) is 13.6. The molecule has 4 rings (SSSR count). The Labute approximate surface area is 138 Å². The van der Waals surface area contributed by atoms with Crippen molar-refractivity contribution in [2.45, 2.75) is 94.8 Å².